The first-order chi connectivity index (χ1) is 6.82. The van der Waals surface area contributed by atoms with Crippen molar-refractivity contribution in [2.24, 2.45) is 5.92 Å². The second-order valence-electron chi connectivity index (χ2n) is 3.22. The van der Waals surface area contributed by atoms with E-state index >= 15 is 0 Å². The molecule has 0 spiro atoms. The van der Waals surface area contributed by atoms with Crippen molar-refractivity contribution in [1.29, 1.82) is 0 Å². The van der Waals surface area contributed by atoms with Crippen molar-refractivity contribution in [2.45, 2.75) is 31.5 Å². The average molecular weight is 224 g/mol. The molecule has 0 heterocycles. The first-order valence-electron chi connectivity index (χ1n) is 4.30. The number of aliphatic hydroxyl groups excluding tert-OH is 4. The summed E-state index contributed by atoms with van der Waals surface area (Å²) in [5.74, 6) is -2.58. The summed E-state index contributed by atoms with van der Waals surface area (Å²) < 4.78 is 4.31. The Balaban J connectivity index is 4.42. The van der Waals surface area contributed by atoms with E-state index in [0.29, 0.717) is 0 Å². The fraction of sp³-hybridized carbons (Fsp3) is 0.875. The molecule has 0 aromatic carbocycles. The Morgan fingerprint density at radius 1 is 1.07 bits per heavy atom. The van der Waals surface area contributed by atoms with Crippen molar-refractivity contribution in [1.82, 2.24) is 0 Å². The van der Waals surface area contributed by atoms with E-state index in [1.807, 2.05) is 0 Å². The van der Waals surface area contributed by atoms with Gasteiger partial charge in [0.15, 0.2) is 6.29 Å². The Hall–Kier alpha value is -0.730. The number of hydrogen-bond acceptors (Lipinski definition) is 6. The number of methoxy groups -OCH3 is 1. The third-order valence-corrected chi connectivity index (χ3v) is 2.14. The lowest BCUT2D eigenvalue weighted by atomic mass is 9.96. The number of carbonyl (C=O) groups is 1. The maximum atomic E-state index is 10.5. The number of carboxylic acid groups (broad SMARTS) is 1. The monoisotopic (exact) mass is 224 g/mol. The van der Waals surface area contributed by atoms with Gasteiger partial charge >= 0.3 is 5.97 Å². The minimum Gasteiger partial charge on any atom is -0.481 e. The van der Waals surface area contributed by atoms with Gasteiger partial charge < -0.3 is 30.3 Å². The summed E-state index contributed by atoms with van der Waals surface area (Å²) >= 11 is 0. The molecule has 0 amide bonds. The first-order valence-corrected chi connectivity index (χ1v) is 4.30. The Labute approximate surface area is 86.5 Å². The van der Waals surface area contributed by atoms with Gasteiger partial charge in [-0.3, -0.25) is 4.79 Å². The second kappa shape index (κ2) is 5.99. The Morgan fingerprint density at radius 3 is 1.87 bits per heavy atom. The molecular weight excluding hydrogens is 208 g/mol. The highest BCUT2D eigenvalue weighted by molar-refractivity contribution is 5.70. The van der Waals surface area contributed by atoms with E-state index in [2.05, 4.69) is 4.74 Å². The standard InChI is InChI=1S/C8H16O7/c1-3(7(12)13)4(9)5(10)6(11)8(14)15-2/h3-6,8-11,14H,1-2H3,(H,12,13)/t3?,4-,5?,6?,8+/m1/s1. The summed E-state index contributed by atoms with van der Waals surface area (Å²) in [4.78, 5) is 10.5. The van der Waals surface area contributed by atoms with Crippen molar-refractivity contribution < 1.29 is 35.1 Å². The van der Waals surface area contributed by atoms with Gasteiger partial charge in [-0.15, -0.1) is 0 Å². The van der Waals surface area contributed by atoms with Crippen LogP contribution in [0.1, 0.15) is 6.92 Å². The number of hydrogen-bond donors (Lipinski definition) is 5. The van der Waals surface area contributed by atoms with E-state index in [1.165, 1.54) is 6.92 Å². The normalized spacial score (nSPS) is 21.5. The van der Waals surface area contributed by atoms with Crippen LogP contribution in [-0.4, -0.2) is 63.2 Å². The predicted octanol–water partition coefficient (Wildman–Crippen LogP) is -2.25. The van der Waals surface area contributed by atoms with Crippen LogP contribution in [0, 0.1) is 5.92 Å². The summed E-state index contributed by atoms with van der Waals surface area (Å²) in [6.45, 7) is 1.17. The zero-order valence-corrected chi connectivity index (χ0v) is 8.44. The summed E-state index contributed by atoms with van der Waals surface area (Å²) in [6.07, 6.45) is -6.95. The van der Waals surface area contributed by atoms with Crippen molar-refractivity contribution in [3.63, 3.8) is 0 Å². The van der Waals surface area contributed by atoms with Crippen LogP contribution < -0.4 is 0 Å². The molecule has 0 bridgehead atoms. The molecule has 0 aliphatic carbocycles. The highest BCUT2D eigenvalue weighted by Gasteiger charge is 2.35. The lowest BCUT2D eigenvalue weighted by molar-refractivity contribution is -0.197. The minimum absolute atomic E-state index is 1.09. The number of rotatable bonds is 6. The molecule has 7 nitrogen and oxygen atoms in total. The number of carboxylic acids is 1. The maximum absolute atomic E-state index is 10.5. The van der Waals surface area contributed by atoms with Crippen LogP contribution in [0.2, 0.25) is 0 Å². The zero-order valence-electron chi connectivity index (χ0n) is 8.44. The molecule has 5 atom stereocenters. The molecule has 15 heavy (non-hydrogen) atoms. The van der Waals surface area contributed by atoms with Gasteiger partial charge in [-0.05, 0) is 6.92 Å². The smallest absolute Gasteiger partial charge is 0.308 e. The minimum atomic E-state index is -1.80. The van der Waals surface area contributed by atoms with Crippen LogP contribution in [0.3, 0.4) is 0 Å². The Bertz CT molecular complexity index is 207. The fourth-order valence-electron chi connectivity index (χ4n) is 0.952. The van der Waals surface area contributed by atoms with Crippen LogP contribution >= 0.6 is 0 Å². The SMILES string of the molecule is CO[C@H](O)C(O)C(O)[C@H](O)C(C)C(=O)O. The van der Waals surface area contributed by atoms with Gasteiger partial charge in [0, 0.05) is 7.11 Å². The van der Waals surface area contributed by atoms with Gasteiger partial charge in [-0.25, -0.2) is 0 Å². The summed E-state index contributed by atoms with van der Waals surface area (Å²) in [6, 6.07) is 0. The zero-order chi connectivity index (χ0) is 12.2. The lowest BCUT2D eigenvalue weighted by Crippen LogP contribution is -2.48. The van der Waals surface area contributed by atoms with E-state index in [-0.39, 0.29) is 0 Å². The quantitative estimate of drug-likeness (QED) is 0.322. The third-order valence-electron chi connectivity index (χ3n) is 2.14. The van der Waals surface area contributed by atoms with Crippen LogP contribution in [0.4, 0.5) is 0 Å². The molecule has 0 aromatic heterocycles. The molecule has 90 valence electrons. The molecule has 0 rings (SSSR count). The average Bonchev–Trinajstić information content (AvgIpc) is 2.23. The molecule has 7 heteroatoms. The molecule has 3 unspecified atom stereocenters. The summed E-state index contributed by atoms with van der Waals surface area (Å²) in [7, 11) is 1.09. The molecule has 0 saturated heterocycles. The van der Waals surface area contributed by atoms with E-state index in [1.54, 1.807) is 0 Å². The van der Waals surface area contributed by atoms with Crippen LogP contribution in [0.15, 0.2) is 0 Å². The van der Waals surface area contributed by atoms with Crippen molar-refractivity contribution in [3.8, 4) is 0 Å². The molecule has 0 aliphatic heterocycles. The lowest BCUT2D eigenvalue weighted by Gasteiger charge is -2.27. The predicted molar refractivity (Wildman–Crippen MR) is 47.8 cm³/mol. The van der Waals surface area contributed by atoms with Crippen LogP contribution in [-0.2, 0) is 9.53 Å². The molecule has 0 radical (unpaired) electrons. The molecule has 5 N–H and O–H groups in total. The molecule has 0 aliphatic rings. The fourth-order valence-corrected chi connectivity index (χ4v) is 0.952. The van der Waals surface area contributed by atoms with Gasteiger partial charge in [0.25, 0.3) is 0 Å². The van der Waals surface area contributed by atoms with Crippen LogP contribution in [0.5, 0.6) is 0 Å². The second-order valence-corrected chi connectivity index (χ2v) is 3.22. The number of aliphatic hydroxyl groups is 4. The van der Waals surface area contributed by atoms with E-state index in [0.717, 1.165) is 7.11 Å². The van der Waals surface area contributed by atoms with Gasteiger partial charge in [0.2, 0.25) is 0 Å². The van der Waals surface area contributed by atoms with Crippen molar-refractivity contribution in [2.75, 3.05) is 7.11 Å². The highest BCUT2D eigenvalue weighted by atomic mass is 16.6. The van der Waals surface area contributed by atoms with Gasteiger partial charge in [0.05, 0.1) is 12.0 Å². The van der Waals surface area contributed by atoms with E-state index in [4.69, 9.17) is 10.2 Å². The highest BCUT2D eigenvalue weighted by Crippen LogP contribution is 2.13. The van der Waals surface area contributed by atoms with Crippen molar-refractivity contribution in [3.05, 3.63) is 0 Å². The van der Waals surface area contributed by atoms with Crippen LogP contribution in [0.25, 0.3) is 0 Å². The molecular formula is C8H16O7. The van der Waals surface area contributed by atoms with Gasteiger partial charge in [-0.2, -0.15) is 0 Å². The number of aliphatic carboxylic acids is 1. The molecule has 0 fully saturated rings. The van der Waals surface area contributed by atoms with E-state index in [9.17, 15) is 20.1 Å². The molecule has 0 aromatic rings. The first kappa shape index (κ1) is 14.3. The maximum Gasteiger partial charge on any atom is 0.308 e. The summed E-state index contributed by atoms with van der Waals surface area (Å²) in [5, 5.41) is 45.3. The summed E-state index contributed by atoms with van der Waals surface area (Å²) in [5.41, 5.74) is 0. The topological polar surface area (TPSA) is 127 Å². The van der Waals surface area contributed by atoms with Crippen molar-refractivity contribution >= 4 is 5.97 Å². The number of ether oxygens (including phenoxy) is 1. The van der Waals surface area contributed by atoms with E-state index < -0.39 is 36.5 Å². The molecule has 0 saturated carbocycles. The van der Waals surface area contributed by atoms with Gasteiger partial charge in [0.1, 0.15) is 12.2 Å². The Morgan fingerprint density at radius 2 is 1.53 bits per heavy atom. The third kappa shape index (κ3) is 3.73. The largest absolute Gasteiger partial charge is 0.481 e. The van der Waals surface area contributed by atoms with Gasteiger partial charge in [-0.1, -0.05) is 0 Å². The Kier molecular flexibility index (Phi) is 5.69.